The molecule has 2 aromatic carbocycles. The number of primary sulfonamides is 1. The summed E-state index contributed by atoms with van der Waals surface area (Å²) in [4.78, 5) is 27.0. The fourth-order valence-corrected chi connectivity index (χ4v) is 4.21. The molecule has 1 unspecified atom stereocenters. The van der Waals surface area contributed by atoms with Gasteiger partial charge >= 0.3 is 0 Å². The number of rotatable bonds is 8. The van der Waals surface area contributed by atoms with Gasteiger partial charge in [0.05, 0.1) is 24.7 Å². The molecule has 0 aromatic heterocycles. The van der Waals surface area contributed by atoms with Gasteiger partial charge in [0.1, 0.15) is 5.75 Å². The Morgan fingerprint density at radius 1 is 1.13 bits per heavy atom. The minimum absolute atomic E-state index is 0.0384. The fraction of sp³-hybridized carbons (Fsp3) is 0.364. The zero-order chi connectivity index (χ0) is 22.3. The van der Waals surface area contributed by atoms with Gasteiger partial charge in [-0.25, -0.2) is 13.6 Å². The first kappa shape index (κ1) is 22.8. The number of likely N-dealkylation sites (tertiary alicyclic amines) is 1. The van der Waals surface area contributed by atoms with E-state index in [9.17, 15) is 18.0 Å². The van der Waals surface area contributed by atoms with Gasteiger partial charge in [-0.15, -0.1) is 0 Å². The molecular weight excluding hydrogens is 418 g/mol. The van der Waals surface area contributed by atoms with E-state index in [1.807, 2.05) is 30.3 Å². The number of carbonyl (C=O) groups excluding carboxylic acids is 2. The summed E-state index contributed by atoms with van der Waals surface area (Å²) in [6, 6.07) is 15.9. The first-order chi connectivity index (χ1) is 14.8. The van der Waals surface area contributed by atoms with E-state index >= 15 is 0 Å². The van der Waals surface area contributed by atoms with Crippen molar-refractivity contribution in [2.75, 3.05) is 25.0 Å². The highest BCUT2D eigenvalue weighted by molar-refractivity contribution is 7.88. The largest absolute Gasteiger partial charge is 0.493 e. The number of sulfonamides is 1. The molecular formula is C22H27N3O5S. The van der Waals surface area contributed by atoms with Crippen LogP contribution in [0.15, 0.2) is 54.6 Å². The Balaban J connectivity index is 1.51. The first-order valence-electron chi connectivity index (χ1n) is 10.2. The van der Waals surface area contributed by atoms with Crippen LogP contribution in [0.3, 0.4) is 0 Å². The van der Waals surface area contributed by atoms with Crippen molar-refractivity contribution < 1.29 is 22.7 Å². The number of anilines is 1. The van der Waals surface area contributed by atoms with Crippen LogP contribution in [0.1, 0.15) is 24.8 Å². The van der Waals surface area contributed by atoms with Gasteiger partial charge in [0.2, 0.25) is 21.8 Å². The topological polar surface area (TPSA) is 119 Å². The van der Waals surface area contributed by atoms with Crippen molar-refractivity contribution in [3.8, 4) is 5.75 Å². The minimum Gasteiger partial charge on any atom is -0.493 e. The summed E-state index contributed by atoms with van der Waals surface area (Å²) in [5.41, 5.74) is 1.00. The molecule has 1 aliphatic heterocycles. The average molecular weight is 446 g/mol. The predicted octanol–water partition coefficient (Wildman–Crippen LogP) is 2.12. The third-order valence-corrected chi connectivity index (χ3v) is 5.77. The second-order valence-corrected chi connectivity index (χ2v) is 9.20. The highest BCUT2D eigenvalue weighted by Gasteiger charge is 2.28. The normalized spacial score (nSPS) is 16.5. The lowest BCUT2D eigenvalue weighted by Gasteiger charge is -2.32. The van der Waals surface area contributed by atoms with Gasteiger partial charge in [-0.3, -0.25) is 9.59 Å². The van der Waals surface area contributed by atoms with E-state index in [1.54, 1.807) is 29.2 Å². The number of carbonyl (C=O) groups is 2. The molecule has 1 saturated heterocycles. The number of benzene rings is 2. The Kier molecular flexibility index (Phi) is 7.64. The van der Waals surface area contributed by atoms with E-state index in [-0.39, 0.29) is 36.5 Å². The molecule has 8 nitrogen and oxygen atoms in total. The number of nitrogens with one attached hydrogen (secondary N) is 1. The molecule has 3 rings (SSSR count). The molecule has 2 aromatic rings. The molecule has 9 heteroatoms. The molecule has 166 valence electrons. The Labute approximate surface area is 182 Å². The SMILES string of the molecule is NS(=O)(=O)Cc1cccc(NC(=O)C2CCCN(C(=O)CCOc3ccccc3)C2)c1. The Hall–Kier alpha value is -2.91. The Bertz CT molecular complexity index is 1010. The third kappa shape index (κ3) is 7.37. The van der Waals surface area contributed by atoms with Crippen LogP contribution >= 0.6 is 0 Å². The number of nitrogens with zero attached hydrogens (tertiary/aromatic N) is 1. The zero-order valence-corrected chi connectivity index (χ0v) is 18.0. The van der Waals surface area contributed by atoms with Crippen molar-refractivity contribution in [2.45, 2.75) is 25.0 Å². The van der Waals surface area contributed by atoms with E-state index in [0.717, 1.165) is 12.2 Å². The summed E-state index contributed by atoms with van der Waals surface area (Å²) >= 11 is 0. The van der Waals surface area contributed by atoms with Crippen LogP contribution in [0.2, 0.25) is 0 Å². The molecule has 1 aliphatic rings. The van der Waals surface area contributed by atoms with Crippen LogP contribution in [-0.2, 0) is 25.4 Å². The van der Waals surface area contributed by atoms with Crippen LogP contribution in [-0.4, -0.2) is 44.8 Å². The van der Waals surface area contributed by atoms with Crippen LogP contribution < -0.4 is 15.2 Å². The Morgan fingerprint density at radius 3 is 2.65 bits per heavy atom. The van der Waals surface area contributed by atoms with Gasteiger partial charge in [-0.05, 0) is 42.7 Å². The maximum atomic E-state index is 12.7. The quantitative estimate of drug-likeness (QED) is 0.645. The van der Waals surface area contributed by atoms with Gasteiger partial charge in [0, 0.05) is 18.8 Å². The standard InChI is InChI=1S/C22H27N3O5S/c23-31(28,29)16-17-6-4-8-19(14-17)24-22(27)18-7-5-12-25(15-18)21(26)11-13-30-20-9-2-1-3-10-20/h1-4,6,8-10,14,18H,5,7,11-13,15-16H2,(H,24,27)(H2,23,28,29). The van der Waals surface area contributed by atoms with E-state index in [0.29, 0.717) is 30.8 Å². The zero-order valence-electron chi connectivity index (χ0n) is 17.2. The number of amides is 2. The van der Waals surface area contributed by atoms with Crippen molar-refractivity contribution in [1.82, 2.24) is 4.90 Å². The molecule has 1 atom stereocenters. The second kappa shape index (κ2) is 10.4. The number of hydrogen-bond donors (Lipinski definition) is 2. The van der Waals surface area contributed by atoms with Crippen molar-refractivity contribution >= 4 is 27.5 Å². The van der Waals surface area contributed by atoms with E-state index in [1.165, 1.54) is 0 Å². The lowest BCUT2D eigenvalue weighted by atomic mass is 9.96. The fourth-order valence-electron chi connectivity index (χ4n) is 3.56. The lowest BCUT2D eigenvalue weighted by molar-refractivity contribution is -0.135. The van der Waals surface area contributed by atoms with Crippen molar-refractivity contribution in [2.24, 2.45) is 11.1 Å². The molecule has 31 heavy (non-hydrogen) atoms. The van der Waals surface area contributed by atoms with Gasteiger partial charge < -0.3 is 15.0 Å². The maximum Gasteiger partial charge on any atom is 0.229 e. The summed E-state index contributed by atoms with van der Waals surface area (Å²) in [6.45, 7) is 1.26. The molecule has 0 radical (unpaired) electrons. The smallest absolute Gasteiger partial charge is 0.229 e. The first-order valence-corrected chi connectivity index (χ1v) is 11.9. The monoisotopic (exact) mass is 445 g/mol. The van der Waals surface area contributed by atoms with Crippen molar-refractivity contribution in [1.29, 1.82) is 0 Å². The van der Waals surface area contributed by atoms with Crippen LogP contribution in [0, 0.1) is 5.92 Å². The maximum absolute atomic E-state index is 12.7. The number of nitrogens with two attached hydrogens (primary N) is 1. The summed E-state index contributed by atoms with van der Waals surface area (Å²) in [6.07, 6.45) is 1.68. The molecule has 2 amide bonds. The van der Waals surface area contributed by atoms with Crippen molar-refractivity contribution in [3.63, 3.8) is 0 Å². The highest BCUT2D eigenvalue weighted by Crippen LogP contribution is 2.20. The number of hydrogen-bond acceptors (Lipinski definition) is 5. The summed E-state index contributed by atoms with van der Waals surface area (Å²) < 4.78 is 28.2. The van der Waals surface area contributed by atoms with Crippen molar-refractivity contribution in [3.05, 3.63) is 60.2 Å². The van der Waals surface area contributed by atoms with Crippen LogP contribution in [0.5, 0.6) is 5.75 Å². The number of para-hydroxylation sites is 1. The predicted molar refractivity (Wildman–Crippen MR) is 118 cm³/mol. The highest BCUT2D eigenvalue weighted by atomic mass is 32.2. The Morgan fingerprint density at radius 2 is 1.90 bits per heavy atom. The minimum atomic E-state index is -3.65. The van der Waals surface area contributed by atoms with E-state index in [4.69, 9.17) is 9.88 Å². The summed E-state index contributed by atoms with van der Waals surface area (Å²) in [5.74, 6) is -0.132. The summed E-state index contributed by atoms with van der Waals surface area (Å²) in [7, 11) is -3.65. The molecule has 0 aliphatic carbocycles. The molecule has 0 saturated carbocycles. The van der Waals surface area contributed by atoms with Gasteiger partial charge in [-0.2, -0.15) is 0 Å². The lowest BCUT2D eigenvalue weighted by Crippen LogP contribution is -2.44. The van der Waals surface area contributed by atoms with E-state index in [2.05, 4.69) is 5.32 Å². The third-order valence-electron chi connectivity index (χ3n) is 5.04. The number of piperidine rings is 1. The summed E-state index contributed by atoms with van der Waals surface area (Å²) in [5, 5.41) is 7.91. The molecule has 0 bridgehead atoms. The molecule has 1 fully saturated rings. The van der Waals surface area contributed by atoms with E-state index < -0.39 is 10.0 Å². The van der Waals surface area contributed by atoms with Crippen LogP contribution in [0.25, 0.3) is 0 Å². The van der Waals surface area contributed by atoms with Gasteiger partial charge in [0.25, 0.3) is 0 Å². The average Bonchev–Trinajstić information content (AvgIpc) is 2.73. The van der Waals surface area contributed by atoms with Gasteiger partial charge in [0.15, 0.2) is 0 Å². The molecule has 1 heterocycles. The molecule has 3 N–H and O–H groups in total. The van der Waals surface area contributed by atoms with Gasteiger partial charge in [-0.1, -0.05) is 30.3 Å². The molecule has 0 spiro atoms. The number of ether oxygens (including phenoxy) is 1. The van der Waals surface area contributed by atoms with Crippen LogP contribution in [0.4, 0.5) is 5.69 Å². The second-order valence-electron chi connectivity index (χ2n) is 7.59.